The molecule has 1 aromatic carbocycles. The number of anilines is 1. The summed E-state index contributed by atoms with van der Waals surface area (Å²) in [7, 11) is 0. The summed E-state index contributed by atoms with van der Waals surface area (Å²) in [5, 5.41) is 0. The zero-order chi connectivity index (χ0) is 13.1. The summed E-state index contributed by atoms with van der Waals surface area (Å²) in [5.74, 6) is 0. The van der Waals surface area contributed by atoms with Crippen molar-refractivity contribution in [2.45, 2.75) is 45.4 Å². The second-order valence-electron chi connectivity index (χ2n) is 5.27. The van der Waals surface area contributed by atoms with Crippen molar-refractivity contribution < 1.29 is 4.74 Å². The average Bonchev–Trinajstić information content (AvgIpc) is 2.37. The van der Waals surface area contributed by atoms with E-state index in [0.717, 1.165) is 19.5 Å². The molecule has 1 saturated heterocycles. The number of nitrogens with two attached hydrogens (primary N) is 1. The SMILES string of the molecule is CC[C@@H](N)c1ccc(N2CC(C)OC(C)C2)cc1. The van der Waals surface area contributed by atoms with Crippen molar-refractivity contribution in [3.8, 4) is 0 Å². The summed E-state index contributed by atoms with van der Waals surface area (Å²) >= 11 is 0. The van der Waals surface area contributed by atoms with Gasteiger partial charge in [-0.3, -0.25) is 0 Å². The first kappa shape index (κ1) is 13.4. The number of hydrogen-bond acceptors (Lipinski definition) is 3. The first-order chi connectivity index (χ1) is 8.60. The Hall–Kier alpha value is -1.06. The van der Waals surface area contributed by atoms with Crippen LogP contribution >= 0.6 is 0 Å². The highest BCUT2D eigenvalue weighted by atomic mass is 16.5. The molecule has 1 fully saturated rings. The van der Waals surface area contributed by atoms with Crippen LogP contribution in [-0.4, -0.2) is 25.3 Å². The monoisotopic (exact) mass is 248 g/mol. The number of nitrogens with zero attached hydrogens (tertiary/aromatic N) is 1. The molecule has 2 rings (SSSR count). The van der Waals surface area contributed by atoms with E-state index < -0.39 is 0 Å². The molecule has 1 aliphatic rings. The minimum absolute atomic E-state index is 0.154. The van der Waals surface area contributed by atoms with E-state index in [4.69, 9.17) is 10.5 Å². The van der Waals surface area contributed by atoms with Gasteiger partial charge in [0.1, 0.15) is 0 Å². The Balaban J connectivity index is 2.09. The van der Waals surface area contributed by atoms with Crippen LogP contribution in [0.15, 0.2) is 24.3 Å². The molecule has 0 bridgehead atoms. The van der Waals surface area contributed by atoms with Gasteiger partial charge in [0.25, 0.3) is 0 Å². The first-order valence-electron chi connectivity index (χ1n) is 6.86. The summed E-state index contributed by atoms with van der Waals surface area (Å²) in [6.07, 6.45) is 1.57. The van der Waals surface area contributed by atoms with E-state index in [0.29, 0.717) is 12.2 Å². The van der Waals surface area contributed by atoms with Crippen LogP contribution < -0.4 is 10.6 Å². The molecule has 3 heteroatoms. The van der Waals surface area contributed by atoms with Crippen LogP contribution in [-0.2, 0) is 4.74 Å². The van der Waals surface area contributed by atoms with Gasteiger partial charge in [-0.05, 0) is 38.0 Å². The molecule has 100 valence electrons. The molecular weight excluding hydrogens is 224 g/mol. The summed E-state index contributed by atoms with van der Waals surface area (Å²) in [6, 6.07) is 8.80. The second-order valence-corrected chi connectivity index (χ2v) is 5.27. The van der Waals surface area contributed by atoms with E-state index in [1.54, 1.807) is 0 Å². The Morgan fingerprint density at radius 1 is 1.22 bits per heavy atom. The van der Waals surface area contributed by atoms with Crippen LogP contribution in [0.2, 0.25) is 0 Å². The van der Waals surface area contributed by atoms with Gasteiger partial charge in [0, 0.05) is 24.8 Å². The van der Waals surface area contributed by atoms with Gasteiger partial charge in [-0.1, -0.05) is 19.1 Å². The lowest BCUT2D eigenvalue weighted by atomic mass is 10.0. The van der Waals surface area contributed by atoms with Gasteiger partial charge in [-0.15, -0.1) is 0 Å². The molecule has 1 aliphatic heterocycles. The maximum Gasteiger partial charge on any atom is 0.0726 e. The highest BCUT2D eigenvalue weighted by Gasteiger charge is 2.22. The average molecular weight is 248 g/mol. The lowest BCUT2D eigenvalue weighted by molar-refractivity contribution is -0.00521. The maximum absolute atomic E-state index is 6.03. The van der Waals surface area contributed by atoms with Crippen LogP contribution in [0.1, 0.15) is 38.8 Å². The number of benzene rings is 1. The topological polar surface area (TPSA) is 38.5 Å². The van der Waals surface area contributed by atoms with Gasteiger partial charge >= 0.3 is 0 Å². The van der Waals surface area contributed by atoms with E-state index in [1.165, 1.54) is 11.3 Å². The van der Waals surface area contributed by atoms with Crippen LogP contribution in [0.4, 0.5) is 5.69 Å². The predicted octanol–water partition coefficient (Wildman–Crippen LogP) is 2.71. The zero-order valence-corrected chi connectivity index (χ0v) is 11.6. The van der Waals surface area contributed by atoms with E-state index in [-0.39, 0.29) is 6.04 Å². The summed E-state index contributed by atoms with van der Waals surface area (Å²) in [5.41, 5.74) is 8.52. The fourth-order valence-electron chi connectivity index (χ4n) is 2.56. The quantitative estimate of drug-likeness (QED) is 0.894. The molecule has 18 heavy (non-hydrogen) atoms. The third-order valence-electron chi connectivity index (χ3n) is 3.55. The molecule has 3 nitrogen and oxygen atoms in total. The molecule has 0 amide bonds. The molecule has 0 spiro atoms. The van der Waals surface area contributed by atoms with Crippen molar-refractivity contribution in [3.63, 3.8) is 0 Å². The van der Waals surface area contributed by atoms with Crippen molar-refractivity contribution in [3.05, 3.63) is 29.8 Å². The fourth-order valence-corrected chi connectivity index (χ4v) is 2.56. The van der Waals surface area contributed by atoms with Crippen molar-refractivity contribution in [2.24, 2.45) is 5.73 Å². The van der Waals surface area contributed by atoms with Crippen LogP contribution in [0.25, 0.3) is 0 Å². The second kappa shape index (κ2) is 5.72. The van der Waals surface area contributed by atoms with Gasteiger partial charge in [0.05, 0.1) is 12.2 Å². The summed E-state index contributed by atoms with van der Waals surface area (Å²) in [4.78, 5) is 2.39. The minimum Gasteiger partial charge on any atom is -0.372 e. The number of hydrogen-bond donors (Lipinski definition) is 1. The molecule has 3 atom stereocenters. The molecule has 1 aromatic rings. The summed E-state index contributed by atoms with van der Waals surface area (Å²) in [6.45, 7) is 8.30. The molecule has 0 saturated carbocycles. The van der Waals surface area contributed by atoms with Crippen molar-refractivity contribution in [1.82, 2.24) is 0 Å². The number of rotatable bonds is 3. The van der Waals surface area contributed by atoms with Gasteiger partial charge < -0.3 is 15.4 Å². The Bertz CT molecular complexity index is 367. The van der Waals surface area contributed by atoms with E-state index in [1.807, 2.05) is 0 Å². The summed E-state index contributed by atoms with van der Waals surface area (Å²) < 4.78 is 5.76. The van der Waals surface area contributed by atoms with Crippen molar-refractivity contribution in [2.75, 3.05) is 18.0 Å². The molecule has 1 heterocycles. The highest BCUT2D eigenvalue weighted by Crippen LogP contribution is 2.23. The highest BCUT2D eigenvalue weighted by molar-refractivity contribution is 5.48. The maximum atomic E-state index is 6.03. The molecule has 0 aromatic heterocycles. The van der Waals surface area contributed by atoms with Crippen molar-refractivity contribution >= 4 is 5.69 Å². The van der Waals surface area contributed by atoms with Crippen LogP contribution in [0.3, 0.4) is 0 Å². The van der Waals surface area contributed by atoms with Gasteiger partial charge in [-0.2, -0.15) is 0 Å². The molecule has 0 radical (unpaired) electrons. The van der Waals surface area contributed by atoms with Gasteiger partial charge in [-0.25, -0.2) is 0 Å². The lowest BCUT2D eigenvalue weighted by Crippen LogP contribution is -2.45. The Morgan fingerprint density at radius 3 is 2.28 bits per heavy atom. The largest absolute Gasteiger partial charge is 0.372 e. The van der Waals surface area contributed by atoms with Crippen molar-refractivity contribution in [1.29, 1.82) is 0 Å². The lowest BCUT2D eigenvalue weighted by Gasteiger charge is -2.37. The third kappa shape index (κ3) is 3.03. The third-order valence-corrected chi connectivity index (χ3v) is 3.55. The molecule has 2 unspecified atom stereocenters. The standard InChI is InChI=1S/C15H24N2O/c1-4-15(16)13-5-7-14(8-6-13)17-9-11(2)18-12(3)10-17/h5-8,11-12,15H,4,9-10,16H2,1-3H3/t11?,12?,15-/m1/s1. The molecular formula is C15H24N2O. The fraction of sp³-hybridized carbons (Fsp3) is 0.600. The van der Waals surface area contributed by atoms with Crippen LogP contribution in [0, 0.1) is 0 Å². The molecule has 0 aliphatic carbocycles. The van der Waals surface area contributed by atoms with E-state index >= 15 is 0 Å². The Kier molecular flexibility index (Phi) is 4.25. The smallest absolute Gasteiger partial charge is 0.0726 e. The predicted molar refractivity (Wildman–Crippen MR) is 75.9 cm³/mol. The normalized spacial score (nSPS) is 26.1. The number of ether oxygens (including phenoxy) is 1. The Labute approximate surface area is 110 Å². The van der Waals surface area contributed by atoms with Crippen LogP contribution in [0.5, 0.6) is 0 Å². The zero-order valence-electron chi connectivity index (χ0n) is 11.6. The Morgan fingerprint density at radius 2 is 1.78 bits per heavy atom. The van der Waals surface area contributed by atoms with E-state index in [9.17, 15) is 0 Å². The van der Waals surface area contributed by atoms with Gasteiger partial charge in [0.15, 0.2) is 0 Å². The van der Waals surface area contributed by atoms with E-state index in [2.05, 4.69) is 49.9 Å². The molecule has 2 N–H and O–H groups in total. The first-order valence-corrected chi connectivity index (χ1v) is 6.86. The number of morpholine rings is 1. The van der Waals surface area contributed by atoms with Gasteiger partial charge in [0.2, 0.25) is 0 Å². The minimum atomic E-state index is 0.154.